The fourth-order valence-corrected chi connectivity index (χ4v) is 3.75. The molecule has 0 aliphatic carbocycles. The molecule has 1 aliphatic heterocycles. The molecule has 1 fully saturated rings. The molecule has 0 bridgehead atoms. The standard InChI is InChI=1S/C22H29N5O/c1-16-19(25-21(26(16)4)17-9-6-5-7-10-17)13-22(2,3)24-15-20(28)27-12-8-11-18(27)14-23/h5-7,9-10,18,24H,8,11-13,15H2,1-4H3. The molecule has 3 rings (SSSR count). The second kappa shape index (κ2) is 8.15. The Morgan fingerprint density at radius 1 is 1.36 bits per heavy atom. The van der Waals surface area contributed by atoms with Gasteiger partial charge in [-0.05, 0) is 33.6 Å². The average molecular weight is 380 g/mol. The van der Waals surface area contributed by atoms with Gasteiger partial charge in [-0.1, -0.05) is 30.3 Å². The van der Waals surface area contributed by atoms with Crippen LogP contribution in [0.1, 0.15) is 38.1 Å². The summed E-state index contributed by atoms with van der Waals surface area (Å²) < 4.78 is 2.12. The van der Waals surface area contributed by atoms with Gasteiger partial charge >= 0.3 is 0 Å². The molecule has 0 radical (unpaired) electrons. The number of nitrogens with one attached hydrogen (secondary N) is 1. The number of benzene rings is 1. The minimum Gasteiger partial charge on any atom is -0.331 e. The lowest BCUT2D eigenvalue weighted by atomic mass is 9.97. The molecule has 1 saturated heterocycles. The molecule has 1 aromatic heterocycles. The number of rotatable bonds is 6. The van der Waals surface area contributed by atoms with Crippen LogP contribution in [0.25, 0.3) is 11.4 Å². The monoisotopic (exact) mass is 379 g/mol. The SMILES string of the molecule is Cc1c(CC(C)(C)NCC(=O)N2CCCC2C#N)nc(-c2ccccc2)n1C. The van der Waals surface area contributed by atoms with Crippen LogP contribution in [-0.4, -0.2) is 45.0 Å². The molecule has 1 atom stereocenters. The van der Waals surface area contributed by atoms with Crippen molar-refractivity contribution in [2.45, 2.75) is 51.6 Å². The lowest BCUT2D eigenvalue weighted by Gasteiger charge is -2.28. The minimum atomic E-state index is -0.287. The van der Waals surface area contributed by atoms with E-state index in [1.165, 1.54) is 0 Å². The van der Waals surface area contributed by atoms with Crippen molar-refractivity contribution in [2.24, 2.45) is 7.05 Å². The van der Waals surface area contributed by atoms with Crippen LogP contribution in [0.5, 0.6) is 0 Å². The van der Waals surface area contributed by atoms with Gasteiger partial charge in [-0.2, -0.15) is 5.26 Å². The Kier molecular flexibility index (Phi) is 5.85. The lowest BCUT2D eigenvalue weighted by molar-refractivity contribution is -0.130. The highest BCUT2D eigenvalue weighted by atomic mass is 16.2. The number of imidazole rings is 1. The van der Waals surface area contributed by atoms with Crippen molar-refractivity contribution in [3.05, 3.63) is 41.7 Å². The van der Waals surface area contributed by atoms with Crippen LogP contribution >= 0.6 is 0 Å². The summed E-state index contributed by atoms with van der Waals surface area (Å²) in [5, 5.41) is 12.6. The Bertz CT molecular complexity index is 878. The van der Waals surface area contributed by atoms with Crippen molar-refractivity contribution in [2.75, 3.05) is 13.1 Å². The summed E-state index contributed by atoms with van der Waals surface area (Å²) in [6.07, 6.45) is 2.40. The topological polar surface area (TPSA) is 74.0 Å². The molecule has 0 saturated carbocycles. The van der Waals surface area contributed by atoms with Crippen molar-refractivity contribution in [1.82, 2.24) is 19.8 Å². The van der Waals surface area contributed by atoms with E-state index in [4.69, 9.17) is 4.98 Å². The fraction of sp³-hybridized carbons (Fsp3) is 0.500. The summed E-state index contributed by atoms with van der Waals surface area (Å²) in [7, 11) is 2.04. The molecule has 2 heterocycles. The highest BCUT2D eigenvalue weighted by Gasteiger charge is 2.30. The van der Waals surface area contributed by atoms with Gasteiger partial charge in [0, 0.05) is 36.8 Å². The molecule has 6 heteroatoms. The van der Waals surface area contributed by atoms with Crippen LogP contribution < -0.4 is 5.32 Å². The van der Waals surface area contributed by atoms with E-state index in [1.54, 1.807) is 4.90 Å². The van der Waals surface area contributed by atoms with Gasteiger partial charge in [0.1, 0.15) is 11.9 Å². The molecule has 1 aliphatic rings. The van der Waals surface area contributed by atoms with Crippen LogP contribution in [-0.2, 0) is 18.3 Å². The van der Waals surface area contributed by atoms with Crippen LogP contribution in [0.4, 0.5) is 0 Å². The summed E-state index contributed by atoms with van der Waals surface area (Å²) in [4.78, 5) is 19.1. The number of carbonyl (C=O) groups excluding carboxylic acids is 1. The normalized spacial score (nSPS) is 17.0. The molecule has 2 aromatic rings. The van der Waals surface area contributed by atoms with Gasteiger partial charge < -0.3 is 14.8 Å². The predicted molar refractivity (Wildman–Crippen MR) is 110 cm³/mol. The number of aromatic nitrogens is 2. The number of hydrogen-bond donors (Lipinski definition) is 1. The lowest BCUT2D eigenvalue weighted by Crippen LogP contribution is -2.48. The first-order chi connectivity index (χ1) is 13.3. The van der Waals surface area contributed by atoms with Gasteiger partial charge in [0.15, 0.2) is 0 Å². The zero-order chi connectivity index (χ0) is 20.3. The maximum Gasteiger partial charge on any atom is 0.237 e. The van der Waals surface area contributed by atoms with Crippen LogP contribution in [0.3, 0.4) is 0 Å². The van der Waals surface area contributed by atoms with Crippen LogP contribution in [0.2, 0.25) is 0 Å². The van der Waals surface area contributed by atoms with E-state index in [0.29, 0.717) is 13.0 Å². The van der Waals surface area contributed by atoms with E-state index >= 15 is 0 Å². The van der Waals surface area contributed by atoms with Crippen molar-refractivity contribution in [1.29, 1.82) is 5.26 Å². The summed E-state index contributed by atoms with van der Waals surface area (Å²) >= 11 is 0. The first-order valence-electron chi connectivity index (χ1n) is 9.84. The van der Waals surface area contributed by atoms with Crippen molar-refractivity contribution in [3.8, 4) is 17.5 Å². The van der Waals surface area contributed by atoms with Crippen LogP contribution in [0.15, 0.2) is 30.3 Å². The number of amides is 1. The third-order valence-corrected chi connectivity index (χ3v) is 5.56. The number of carbonyl (C=O) groups is 1. The van der Waals surface area contributed by atoms with Gasteiger partial charge in [0.25, 0.3) is 0 Å². The molecule has 0 spiro atoms. The second-order valence-corrected chi connectivity index (χ2v) is 8.18. The Hall–Kier alpha value is -2.65. The Morgan fingerprint density at radius 2 is 2.07 bits per heavy atom. The Morgan fingerprint density at radius 3 is 2.75 bits per heavy atom. The molecular formula is C22H29N5O. The van der Waals surface area contributed by atoms with Gasteiger partial charge in [-0.3, -0.25) is 4.79 Å². The van der Waals surface area contributed by atoms with E-state index in [-0.39, 0.29) is 24.0 Å². The molecule has 28 heavy (non-hydrogen) atoms. The summed E-state index contributed by atoms with van der Waals surface area (Å²) in [6.45, 7) is 7.17. The highest BCUT2D eigenvalue weighted by Crippen LogP contribution is 2.24. The molecule has 1 aromatic carbocycles. The predicted octanol–water partition coefficient (Wildman–Crippen LogP) is 2.82. The quantitative estimate of drug-likeness (QED) is 0.838. The smallest absolute Gasteiger partial charge is 0.237 e. The summed E-state index contributed by atoms with van der Waals surface area (Å²) in [5.74, 6) is 0.953. The third kappa shape index (κ3) is 4.26. The van der Waals surface area contributed by atoms with E-state index in [2.05, 4.69) is 48.9 Å². The number of nitrogens with zero attached hydrogens (tertiary/aromatic N) is 4. The zero-order valence-corrected chi connectivity index (χ0v) is 17.2. The van der Waals surface area contributed by atoms with E-state index in [1.807, 2.05) is 25.2 Å². The van der Waals surface area contributed by atoms with Gasteiger partial charge in [-0.25, -0.2) is 4.98 Å². The second-order valence-electron chi connectivity index (χ2n) is 8.18. The molecule has 148 valence electrons. The molecule has 1 amide bonds. The first-order valence-corrected chi connectivity index (χ1v) is 9.84. The van der Waals surface area contributed by atoms with E-state index in [0.717, 1.165) is 35.6 Å². The molecule has 1 N–H and O–H groups in total. The highest BCUT2D eigenvalue weighted by molar-refractivity contribution is 5.79. The molecule has 6 nitrogen and oxygen atoms in total. The van der Waals surface area contributed by atoms with Crippen molar-refractivity contribution >= 4 is 5.91 Å². The maximum atomic E-state index is 12.5. The Balaban J connectivity index is 1.67. The van der Waals surface area contributed by atoms with Crippen molar-refractivity contribution in [3.63, 3.8) is 0 Å². The van der Waals surface area contributed by atoms with Gasteiger partial charge in [-0.15, -0.1) is 0 Å². The third-order valence-electron chi connectivity index (χ3n) is 5.56. The first kappa shape index (κ1) is 20.1. The number of likely N-dealkylation sites (tertiary alicyclic amines) is 1. The van der Waals surface area contributed by atoms with Crippen LogP contribution in [0, 0.1) is 18.3 Å². The minimum absolute atomic E-state index is 0.000146. The molecule has 1 unspecified atom stereocenters. The van der Waals surface area contributed by atoms with E-state index in [9.17, 15) is 10.1 Å². The number of hydrogen-bond acceptors (Lipinski definition) is 4. The Labute approximate surface area is 167 Å². The zero-order valence-electron chi connectivity index (χ0n) is 17.2. The number of nitriles is 1. The fourth-order valence-electron chi connectivity index (χ4n) is 3.75. The molecular weight excluding hydrogens is 350 g/mol. The summed E-state index contributed by atoms with van der Waals surface area (Å²) in [6, 6.07) is 12.1. The van der Waals surface area contributed by atoms with Gasteiger partial charge in [0.05, 0.1) is 18.3 Å². The van der Waals surface area contributed by atoms with E-state index < -0.39 is 0 Å². The largest absolute Gasteiger partial charge is 0.331 e. The average Bonchev–Trinajstić information content (AvgIpc) is 3.27. The summed E-state index contributed by atoms with van der Waals surface area (Å²) in [5.41, 5.74) is 2.97. The van der Waals surface area contributed by atoms with Crippen molar-refractivity contribution < 1.29 is 4.79 Å². The van der Waals surface area contributed by atoms with Gasteiger partial charge in [0.2, 0.25) is 5.91 Å². The maximum absolute atomic E-state index is 12.5.